The number of hydrogen-bond acceptors (Lipinski definition) is 7. The molecule has 1 aromatic rings. The van der Waals surface area contributed by atoms with Crippen LogP contribution < -0.4 is 16.0 Å². The fraction of sp³-hybridized carbons (Fsp3) is 0.769. The van der Waals surface area contributed by atoms with Gasteiger partial charge in [-0.15, -0.1) is 0 Å². The highest BCUT2D eigenvalue weighted by Gasteiger charge is 2.35. The largest absolute Gasteiger partial charge is 0.368 e. The van der Waals surface area contributed by atoms with Gasteiger partial charge in [0.2, 0.25) is 17.8 Å². The molecule has 1 fully saturated rings. The molecule has 2 rings (SSSR count). The molecule has 1 heterocycles. The molecule has 1 aromatic heterocycles. The first-order chi connectivity index (χ1) is 9.43. The van der Waals surface area contributed by atoms with Crippen molar-refractivity contribution in [1.82, 2.24) is 19.9 Å². The molecular weight excluding hydrogens is 254 g/mol. The van der Waals surface area contributed by atoms with E-state index in [9.17, 15) is 0 Å². The van der Waals surface area contributed by atoms with Crippen LogP contribution in [0.5, 0.6) is 0 Å². The SMILES string of the molecule is CN(C)c1nc(N)nc(NCC2(N(C)C)CCCC2)n1. The standard InChI is InChI=1S/C13H25N7/c1-19(2)12-17-10(14)16-11(18-12)15-9-13(20(3)4)7-5-6-8-13/h5-9H2,1-4H3,(H3,14,15,16,17,18). The van der Waals surface area contributed by atoms with Crippen molar-refractivity contribution in [1.29, 1.82) is 0 Å². The molecule has 0 bridgehead atoms. The highest BCUT2D eigenvalue weighted by molar-refractivity contribution is 5.41. The van der Waals surface area contributed by atoms with Crippen molar-refractivity contribution in [2.24, 2.45) is 0 Å². The first kappa shape index (κ1) is 14.8. The molecule has 0 atom stereocenters. The molecule has 3 N–H and O–H groups in total. The third-order valence-electron chi connectivity index (χ3n) is 4.10. The second kappa shape index (κ2) is 5.78. The minimum Gasteiger partial charge on any atom is -0.368 e. The molecule has 1 aliphatic carbocycles. The number of nitrogens with two attached hydrogens (primary N) is 1. The number of nitrogens with one attached hydrogen (secondary N) is 1. The Hall–Kier alpha value is -1.63. The minimum atomic E-state index is 0.194. The quantitative estimate of drug-likeness (QED) is 0.825. The van der Waals surface area contributed by atoms with Gasteiger partial charge in [-0.25, -0.2) is 0 Å². The van der Waals surface area contributed by atoms with Crippen molar-refractivity contribution < 1.29 is 0 Å². The van der Waals surface area contributed by atoms with Crippen molar-refractivity contribution in [2.45, 2.75) is 31.2 Å². The first-order valence-electron chi connectivity index (χ1n) is 7.03. The zero-order chi connectivity index (χ0) is 14.8. The fourth-order valence-corrected chi connectivity index (χ4v) is 2.72. The van der Waals surface area contributed by atoms with Gasteiger partial charge in [0.05, 0.1) is 0 Å². The summed E-state index contributed by atoms with van der Waals surface area (Å²) in [6.07, 6.45) is 4.96. The molecule has 7 heteroatoms. The molecule has 0 radical (unpaired) electrons. The van der Waals surface area contributed by atoms with Gasteiger partial charge in [0.25, 0.3) is 0 Å². The van der Waals surface area contributed by atoms with Crippen LogP contribution in [0.25, 0.3) is 0 Å². The first-order valence-corrected chi connectivity index (χ1v) is 7.03. The summed E-state index contributed by atoms with van der Waals surface area (Å²) in [5.41, 5.74) is 5.93. The molecule has 20 heavy (non-hydrogen) atoms. The molecule has 1 aliphatic rings. The van der Waals surface area contributed by atoms with Gasteiger partial charge in [-0.1, -0.05) is 12.8 Å². The van der Waals surface area contributed by atoms with Crippen LogP contribution in [0.2, 0.25) is 0 Å². The second-order valence-corrected chi connectivity index (χ2v) is 5.89. The van der Waals surface area contributed by atoms with E-state index in [1.807, 2.05) is 19.0 Å². The monoisotopic (exact) mass is 279 g/mol. The van der Waals surface area contributed by atoms with Crippen LogP contribution in [0.3, 0.4) is 0 Å². The highest BCUT2D eigenvalue weighted by atomic mass is 15.3. The molecule has 1 saturated carbocycles. The number of rotatable bonds is 5. The maximum atomic E-state index is 5.73. The molecule has 112 valence electrons. The maximum absolute atomic E-state index is 5.73. The summed E-state index contributed by atoms with van der Waals surface area (Å²) in [5.74, 6) is 1.37. The third kappa shape index (κ3) is 3.09. The average Bonchev–Trinajstić information content (AvgIpc) is 2.86. The maximum Gasteiger partial charge on any atom is 0.231 e. The Morgan fingerprint density at radius 3 is 2.30 bits per heavy atom. The van der Waals surface area contributed by atoms with Crippen LogP contribution in [0.4, 0.5) is 17.8 Å². The Balaban J connectivity index is 2.10. The van der Waals surface area contributed by atoms with Gasteiger partial charge in [-0.05, 0) is 26.9 Å². The fourth-order valence-electron chi connectivity index (χ4n) is 2.72. The van der Waals surface area contributed by atoms with Gasteiger partial charge in [-0.2, -0.15) is 15.0 Å². The molecule has 7 nitrogen and oxygen atoms in total. The Kier molecular flexibility index (Phi) is 4.27. The van der Waals surface area contributed by atoms with Gasteiger partial charge in [0.1, 0.15) is 0 Å². The summed E-state index contributed by atoms with van der Waals surface area (Å²) in [7, 11) is 8.05. The number of likely N-dealkylation sites (N-methyl/N-ethyl adjacent to an activating group) is 1. The number of anilines is 3. The van der Waals surface area contributed by atoms with E-state index in [2.05, 4.69) is 39.3 Å². The lowest BCUT2D eigenvalue weighted by Crippen LogP contribution is -2.47. The highest BCUT2D eigenvalue weighted by Crippen LogP contribution is 2.33. The lowest BCUT2D eigenvalue weighted by Gasteiger charge is -2.36. The van der Waals surface area contributed by atoms with E-state index in [0.29, 0.717) is 11.9 Å². The molecule has 0 unspecified atom stereocenters. The van der Waals surface area contributed by atoms with Crippen molar-refractivity contribution >= 4 is 17.8 Å². The number of nitrogen functional groups attached to an aromatic ring is 1. The summed E-state index contributed by atoms with van der Waals surface area (Å²) < 4.78 is 0. The van der Waals surface area contributed by atoms with E-state index < -0.39 is 0 Å². The van der Waals surface area contributed by atoms with Crippen LogP contribution in [0.15, 0.2) is 0 Å². The van der Waals surface area contributed by atoms with Crippen molar-refractivity contribution in [2.75, 3.05) is 50.7 Å². The van der Waals surface area contributed by atoms with E-state index >= 15 is 0 Å². The van der Waals surface area contributed by atoms with E-state index in [0.717, 1.165) is 6.54 Å². The minimum absolute atomic E-state index is 0.194. The zero-order valence-corrected chi connectivity index (χ0v) is 12.8. The molecule has 0 aliphatic heterocycles. The topological polar surface area (TPSA) is 83.2 Å². The lowest BCUT2D eigenvalue weighted by atomic mass is 9.96. The molecule has 0 saturated heterocycles. The van der Waals surface area contributed by atoms with E-state index in [1.165, 1.54) is 25.7 Å². The van der Waals surface area contributed by atoms with Crippen LogP contribution in [-0.2, 0) is 0 Å². The zero-order valence-electron chi connectivity index (χ0n) is 12.8. The van der Waals surface area contributed by atoms with Crippen molar-refractivity contribution in [3.05, 3.63) is 0 Å². The van der Waals surface area contributed by atoms with E-state index in [4.69, 9.17) is 5.73 Å². The number of hydrogen-bond donors (Lipinski definition) is 2. The number of nitrogens with zero attached hydrogens (tertiary/aromatic N) is 5. The Bertz CT molecular complexity index is 452. The van der Waals surface area contributed by atoms with Crippen LogP contribution in [0.1, 0.15) is 25.7 Å². The Morgan fingerprint density at radius 1 is 1.10 bits per heavy atom. The van der Waals surface area contributed by atoms with Gasteiger partial charge in [0.15, 0.2) is 0 Å². The predicted octanol–water partition coefficient (Wildman–Crippen LogP) is 0.806. The van der Waals surface area contributed by atoms with Gasteiger partial charge < -0.3 is 20.9 Å². The summed E-state index contributed by atoms with van der Waals surface area (Å²) in [5, 5.41) is 3.33. The normalized spacial score (nSPS) is 17.4. The Labute approximate surface area is 120 Å². The summed E-state index contributed by atoms with van der Waals surface area (Å²) in [6, 6.07) is 0. The summed E-state index contributed by atoms with van der Waals surface area (Å²) >= 11 is 0. The molecule has 0 aromatic carbocycles. The average molecular weight is 279 g/mol. The molecular formula is C13H25N7. The van der Waals surface area contributed by atoms with Crippen LogP contribution >= 0.6 is 0 Å². The molecule has 0 spiro atoms. The second-order valence-electron chi connectivity index (χ2n) is 5.89. The number of aromatic nitrogens is 3. The van der Waals surface area contributed by atoms with E-state index in [-0.39, 0.29) is 11.5 Å². The van der Waals surface area contributed by atoms with Gasteiger partial charge in [0, 0.05) is 26.2 Å². The Morgan fingerprint density at radius 2 is 1.75 bits per heavy atom. The smallest absolute Gasteiger partial charge is 0.231 e. The molecule has 0 amide bonds. The van der Waals surface area contributed by atoms with Crippen molar-refractivity contribution in [3.8, 4) is 0 Å². The summed E-state index contributed by atoms with van der Waals surface area (Å²) in [4.78, 5) is 16.8. The van der Waals surface area contributed by atoms with Gasteiger partial charge in [-0.3, -0.25) is 0 Å². The lowest BCUT2D eigenvalue weighted by molar-refractivity contribution is 0.172. The van der Waals surface area contributed by atoms with Gasteiger partial charge >= 0.3 is 0 Å². The van der Waals surface area contributed by atoms with Crippen LogP contribution in [0, 0.1) is 0 Å². The third-order valence-corrected chi connectivity index (χ3v) is 4.10. The van der Waals surface area contributed by atoms with Crippen molar-refractivity contribution in [3.63, 3.8) is 0 Å². The predicted molar refractivity (Wildman–Crippen MR) is 81.9 cm³/mol. The van der Waals surface area contributed by atoms with E-state index in [1.54, 1.807) is 0 Å². The van der Waals surface area contributed by atoms with Crippen LogP contribution in [-0.4, -0.2) is 60.1 Å². The summed E-state index contributed by atoms with van der Waals surface area (Å²) in [6.45, 7) is 0.830.